The molecule has 0 radical (unpaired) electrons. The SMILES string of the molecule is CCCC1CC(=O)C2=C(C1)N=C(C)C(C#N)C2c1cc(Br)c(OCc2ccccc2C#N)c(OCC)c1. The average Bonchev–Trinajstić information content (AvgIpc) is 2.87. The van der Waals surface area contributed by atoms with E-state index in [1.807, 2.05) is 44.2 Å². The zero-order chi connectivity index (χ0) is 26.5. The van der Waals surface area contributed by atoms with Gasteiger partial charge in [0.25, 0.3) is 0 Å². The summed E-state index contributed by atoms with van der Waals surface area (Å²) in [5, 5.41) is 19.5. The molecule has 0 aromatic heterocycles. The molecule has 2 aromatic carbocycles. The van der Waals surface area contributed by atoms with Gasteiger partial charge in [-0.05, 0) is 72.3 Å². The summed E-state index contributed by atoms with van der Waals surface area (Å²) in [4.78, 5) is 18.2. The van der Waals surface area contributed by atoms with Crippen LogP contribution in [0.5, 0.6) is 11.5 Å². The monoisotopic (exact) mass is 559 g/mol. The predicted octanol–water partition coefficient (Wildman–Crippen LogP) is 7.03. The summed E-state index contributed by atoms with van der Waals surface area (Å²) in [6.07, 6.45) is 3.28. The number of aliphatic imine (C=N–C) groups is 1. The number of Topliss-reactive ketones (excluding diaryl/α,β-unsaturated/α-hetero) is 1. The predicted molar refractivity (Wildman–Crippen MR) is 145 cm³/mol. The van der Waals surface area contributed by atoms with E-state index < -0.39 is 11.8 Å². The second-order valence-electron chi connectivity index (χ2n) is 9.50. The highest BCUT2D eigenvalue weighted by atomic mass is 79.9. The largest absolute Gasteiger partial charge is 0.490 e. The van der Waals surface area contributed by atoms with E-state index in [2.05, 4.69) is 35.0 Å². The van der Waals surface area contributed by atoms with Gasteiger partial charge in [0.05, 0.1) is 34.7 Å². The maximum atomic E-state index is 13.4. The molecule has 0 amide bonds. The van der Waals surface area contributed by atoms with Crippen LogP contribution in [-0.2, 0) is 11.4 Å². The van der Waals surface area contributed by atoms with Crippen molar-refractivity contribution in [2.24, 2.45) is 16.8 Å². The van der Waals surface area contributed by atoms with Gasteiger partial charge >= 0.3 is 0 Å². The molecule has 0 spiro atoms. The van der Waals surface area contributed by atoms with E-state index in [1.54, 1.807) is 6.07 Å². The Morgan fingerprint density at radius 3 is 2.62 bits per heavy atom. The van der Waals surface area contributed by atoms with Crippen molar-refractivity contribution in [1.29, 1.82) is 10.5 Å². The molecule has 1 heterocycles. The van der Waals surface area contributed by atoms with Crippen LogP contribution in [0.1, 0.15) is 69.1 Å². The molecule has 3 atom stereocenters. The van der Waals surface area contributed by atoms with E-state index in [4.69, 9.17) is 14.5 Å². The number of hydrogen-bond donors (Lipinski definition) is 0. The maximum absolute atomic E-state index is 13.4. The van der Waals surface area contributed by atoms with Crippen LogP contribution in [0.3, 0.4) is 0 Å². The smallest absolute Gasteiger partial charge is 0.175 e. The van der Waals surface area contributed by atoms with Crippen molar-refractivity contribution >= 4 is 27.4 Å². The summed E-state index contributed by atoms with van der Waals surface area (Å²) in [6.45, 7) is 6.52. The molecule has 0 saturated carbocycles. The van der Waals surface area contributed by atoms with Gasteiger partial charge in [0.2, 0.25) is 0 Å². The summed E-state index contributed by atoms with van der Waals surface area (Å²) in [7, 11) is 0. The summed E-state index contributed by atoms with van der Waals surface area (Å²) in [6, 6.07) is 15.7. The van der Waals surface area contributed by atoms with Gasteiger partial charge in [-0.3, -0.25) is 9.79 Å². The number of nitrogens with zero attached hydrogens (tertiary/aromatic N) is 3. The van der Waals surface area contributed by atoms with Crippen LogP contribution in [-0.4, -0.2) is 18.1 Å². The molecule has 4 rings (SSSR count). The van der Waals surface area contributed by atoms with Crippen LogP contribution < -0.4 is 9.47 Å². The van der Waals surface area contributed by atoms with Crippen molar-refractivity contribution in [2.75, 3.05) is 6.61 Å². The Morgan fingerprint density at radius 2 is 1.92 bits per heavy atom. The van der Waals surface area contributed by atoms with Gasteiger partial charge in [-0.1, -0.05) is 31.5 Å². The van der Waals surface area contributed by atoms with Crippen molar-refractivity contribution in [3.05, 3.63) is 68.8 Å². The van der Waals surface area contributed by atoms with Crippen LogP contribution >= 0.6 is 15.9 Å². The van der Waals surface area contributed by atoms with Gasteiger partial charge < -0.3 is 9.47 Å². The first-order valence-electron chi connectivity index (χ1n) is 12.7. The summed E-state index contributed by atoms with van der Waals surface area (Å²) in [5.74, 6) is 0.457. The highest BCUT2D eigenvalue weighted by Gasteiger charge is 2.41. The second kappa shape index (κ2) is 11.8. The molecule has 0 fully saturated rings. The lowest BCUT2D eigenvalue weighted by Crippen LogP contribution is -2.32. The van der Waals surface area contributed by atoms with Gasteiger partial charge in [-0.2, -0.15) is 10.5 Å². The molecule has 7 heteroatoms. The van der Waals surface area contributed by atoms with Crippen molar-refractivity contribution in [3.63, 3.8) is 0 Å². The van der Waals surface area contributed by atoms with Crippen molar-refractivity contribution in [1.82, 2.24) is 0 Å². The summed E-state index contributed by atoms with van der Waals surface area (Å²) < 4.78 is 12.8. The zero-order valence-electron chi connectivity index (χ0n) is 21.4. The topological polar surface area (TPSA) is 95.5 Å². The van der Waals surface area contributed by atoms with Crippen LogP contribution in [0, 0.1) is 34.5 Å². The molecule has 1 aliphatic heterocycles. The minimum absolute atomic E-state index is 0.0868. The first-order chi connectivity index (χ1) is 17.9. The Morgan fingerprint density at radius 1 is 1.14 bits per heavy atom. The lowest BCUT2D eigenvalue weighted by atomic mass is 9.70. The van der Waals surface area contributed by atoms with Gasteiger partial charge in [-0.25, -0.2) is 0 Å². The number of rotatable bonds is 8. The Hall–Kier alpha value is -3.42. The first kappa shape index (κ1) is 26.6. The summed E-state index contributed by atoms with van der Waals surface area (Å²) >= 11 is 3.65. The van der Waals surface area contributed by atoms with E-state index in [9.17, 15) is 15.3 Å². The molecule has 6 nitrogen and oxygen atoms in total. The Labute approximate surface area is 226 Å². The van der Waals surface area contributed by atoms with Crippen molar-refractivity contribution in [3.8, 4) is 23.6 Å². The van der Waals surface area contributed by atoms with Crippen molar-refractivity contribution < 1.29 is 14.3 Å². The van der Waals surface area contributed by atoms with Gasteiger partial charge in [0, 0.05) is 34.9 Å². The molecule has 2 aromatic rings. The third kappa shape index (κ3) is 5.48. The third-order valence-corrected chi connectivity index (χ3v) is 7.60. The third-order valence-electron chi connectivity index (χ3n) is 7.01. The Balaban J connectivity index is 1.75. The number of hydrogen-bond acceptors (Lipinski definition) is 6. The van der Waals surface area contributed by atoms with E-state index in [-0.39, 0.29) is 12.4 Å². The molecular weight excluding hydrogens is 530 g/mol. The van der Waals surface area contributed by atoms with E-state index >= 15 is 0 Å². The van der Waals surface area contributed by atoms with E-state index in [1.165, 1.54) is 0 Å². The number of allylic oxidation sites excluding steroid dienone is 2. The van der Waals surface area contributed by atoms with Gasteiger partial charge in [0.15, 0.2) is 17.3 Å². The highest BCUT2D eigenvalue weighted by Crippen LogP contribution is 2.48. The molecule has 190 valence electrons. The fraction of sp³-hybridized carbons (Fsp3) is 0.400. The van der Waals surface area contributed by atoms with Crippen LogP contribution in [0.2, 0.25) is 0 Å². The molecule has 2 aliphatic rings. The molecule has 0 saturated heterocycles. The van der Waals surface area contributed by atoms with Crippen LogP contribution in [0.25, 0.3) is 0 Å². The number of halogens is 1. The molecule has 0 bridgehead atoms. The molecular formula is C30H30BrN3O3. The fourth-order valence-corrected chi connectivity index (χ4v) is 5.93. The molecule has 1 aliphatic carbocycles. The fourth-order valence-electron chi connectivity index (χ4n) is 5.35. The number of nitriles is 2. The standard InChI is InChI=1S/C30H30BrN3O3/c1-4-8-19-11-25-29(26(35)12-19)28(23(16-33)18(3)34-25)22-13-24(31)30(27(14-22)36-5-2)37-17-21-10-7-6-9-20(21)15-32/h6-7,9-10,13-14,19,23,28H,4-5,8,11-12,17H2,1-3H3. The molecule has 3 unspecified atom stereocenters. The Bertz CT molecular complexity index is 1350. The number of carbonyl (C=O) groups is 1. The quantitative estimate of drug-likeness (QED) is 0.346. The average molecular weight is 560 g/mol. The molecule has 37 heavy (non-hydrogen) atoms. The highest BCUT2D eigenvalue weighted by molar-refractivity contribution is 9.10. The number of ether oxygens (including phenoxy) is 2. The minimum atomic E-state index is -0.541. The van der Waals surface area contributed by atoms with Gasteiger partial charge in [-0.15, -0.1) is 0 Å². The second-order valence-corrected chi connectivity index (χ2v) is 10.4. The summed E-state index contributed by atoms with van der Waals surface area (Å²) in [5.41, 5.74) is 4.37. The normalized spacial score (nSPS) is 21.0. The van der Waals surface area contributed by atoms with E-state index in [0.29, 0.717) is 46.1 Å². The first-order valence-corrected chi connectivity index (χ1v) is 13.5. The number of carbonyl (C=O) groups excluding carboxylic acids is 1. The lowest BCUT2D eigenvalue weighted by molar-refractivity contribution is -0.117. The zero-order valence-corrected chi connectivity index (χ0v) is 23.0. The van der Waals surface area contributed by atoms with Crippen molar-refractivity contribution in [2.45, 2.75) is 59.0 Å². The Kier molecular flexibility index (Phi) is 8.46. The van der Waals surface area contributed by atoms with E-state index in [0.717, 1.165) is 41.8 Å². The van der Waals surface area contributed by atoms with Crippen LogP contribution in [0.4, 0.5) is 0 Å². The maximum Gasteiger partial charge on any atom is 0.175 e. The van der Waals surface area contributed by atoms with Gasteiger partial charge in [0.1, 0.15) is 6.61 Å². The lowest BCUT2D eigenvalue weighted by Gasteiger charge is -2.35. The minimum Gasteiger partial charge on any atom is -0.490 e. The van der Waals surface area contributed by atoms with Crippen LogP contribution in [0.15, 0.2) is 57.1 Å². The number of benzene rings is 2. The number of ketones is 1. The molecule has 0 N–H and O–H groups in total.